The van der Waals surface area contributed by atoms with Gasteiger partial charge in [0, 0.05) is 15.8 Å². The first-order valence-electron chi connectivity index (χ1n) is 7.05. The quantitative estimate of drug-likeness (QED) is 0.860. The Balaban J connectivity index is 1.80. The molecule has 0 radical (unpaired) electrons. The van der Waals surface area contributed by atoms with E-state index in [2.05, 4.69) is 32.6 Å². The van der Waals surface area contributed by atoms with Crippen molar-refractivity contribution in [3.8, 4) is 0 Å². The first-order chi connectivity index (χ1) is 10.1. The van der Waals surface area contributed by atoms with Gasteiger partial charge in [-0.3, -0.25) is 4.79 Å². The molecular formula is C17H17BrN2O. The Hall–Kier alpha value is -1.81. The van der Waals surface area contributed by atoms with E-state index in [1.807, 2.05) is 43.3 Å². The highest BCUT2D eigenvalue weighted by molar-refractivity contribution is 9.10. The highest BCUT2D eigenvalue weighted by atomic mass is 79.9. The Morgan fingerprint density at radius 1 is 1.24 bits per heavy atom. The second-order valence-electron chi connectivity index (χ2n) is 5.37. The predicted octanol–water partition coefficient (Wildman–Crippen LogP) is 4.12. The molecule has 2 aromatic rings. The number of amides is 1. The van der Waals surface area contributed by atoms with Crippen molar-refractivity contribution in [2.75, 3.05) is 10.6 Å². The van der Waals surface area contributed by atoms with Crippen LogP contribution in [0.15, 0.2) is 46.9 Å². The van der Waals surface area contributed by atoms with Gasteiger partial charge in [0.15, 0.2) is 0 Å². The van der Waals surface area contributed by atoms with Crippen molar-refractivity contribution in [1.82, 2.24) is 0 Å². The number of rotatable bonds is 2. The van der Waals surface area contributed by atoms with E-state index in [4.69, 9.17) is 0 Å². The molecule has 1 heterocycles. The number of para-hydroxylation sites is 1. The summed E-state index contributed by atoms with van der Waals surface area (Å²) in [5, 5.41) is 6.35. The maximum atomic E-state index is 12.4. The largest absolute Gasteiger partial charge is 0.373 e. The lowest BCUT2D eigenvalue weighted by Crippen LogP contribution is -2.33. The number of carbonyl (C=O) groups is 1. The summed E-state index contributed by atoms with van der Waals surface area (Å²) in [6, 6.07) is 13.8. The molecule has 0 spiro atoms. The third kappa shape index (κ3) is 3.10. The Morgan fingerprint density at radius 2 is 2.05 bits per heavy atom. The summed E-state index contributed by atoms with van der Waals surface area (Å²) < 4.78 is 0.983. The monoisotopic (exact) mass is 344 g/mol. The number of benzene rings is 2. The van der Waals surface area contributed by atoms with Crippen LogP contribution in [0.2, 0.25) is 0 Å². The first-order valence-corrected chi connectivity index (χ1v) is 7.84. The summed E-state index contributed by atoms with van der Waals surface area (Å²) in [5.41, 5.74) is 4.25. The number of halogens is 1. The fraction of sp³-hybridized carbons (Fsp3) is 0.235. The predicted molar refractivity (Wildman–Crippen MR) is 89.7 cm³/mol. The lowest BCUT2D eigenvalue weighted by molar-refractivity contribution is -0.116. The van der Waals surface area contributed by atoms with Crippen LogP contribution in [0, 0.1) is 6.92 Å². The topological polar surface area (TPSA) is 41.1 Å². The van der Waals surface area contributed by atoms with Gasteiger partial charge in [0.05, 0.1) is 0 Å². The summed E-state index contributed by atoms with van der Waals surface area (Å²) in [5.74, 6) is 0.0208. The maximum absolute atomic E-state index is 12.4. The fourth-order valence-electron chi connectivity index (χ4n) is 2.57. The fourth-order valence-corrected chi connectivity index (χ4v) is 3.18. The summed E-state index contributed by atoms with van der Waals surface area (Å²) in [6.07, 6.45) is 1.67. The molecule has 3 nitrogen and oxygen atoms in total. The molecule has 2 aromatic carbocycles. The smallest absolute Gasteiger partial charge is 0.246 e. The highest BCUT2D eigenvalue weighted by Gasteiger charge is 2.23. The van der Waals surface area contributed by atoms with Gasteiger partial charge in [-0.2, -0.15) is 0 Å². The van der Waals surface area contributed by atoms with Crippen LogP contribution < -0.4 is 10.6 Å². The summed E-state index contributed by atoms with van der Waals surface area (Å²) in [6.45, 7) is 2.05. The van der Waals surface area contributed by atoms with Crippen molar-refractivity contribution in [1.29, 1.82) is 0 Å². The SMILES string of the molecule is Cc1ccc(NC2CCc3ccccc3NC2=O)c(Br)c1. The van der Waals surface area contributed by atoms with Gasteiger partial charge in [-0.05, 0) is 65.0 Å². The van der Waals surface area contributed by atoms with E-state index in [0.29, 0.717) is 0 Å². The van der Waals surface area contributed by atoms with E-state index in [-0.39, 0.29) is 11.9 Å². The number of hydrogen-bond donors (Lipinski definition) is 2. The van der Waals surface area contributed by atoms with E-state index < -0.39 is 0 Å². The van der Waals surface area contributed by atoms with Crippen LogP contribution in [0.3, 0.4) is 0 Å². The van der Waals surface area contributed by atoms with Crippen LogP contribution in [-0.2, 0) is 11.2 Å². The number of fused-ring (bicyclic) bond motifs is 1. The maximum Gasteiger partial charge on any atom is 0.246 e. The summed E-state index contributed by atoms with van der Waals surface area (Å²) >= 11 is 3.55. The molecule has 108 valence electrons. The normalized spacial score (nSPS) is 17.6. The molecule has 1 atom stereocenters. The van der Waals surface area contributed by atoms with Crippen molar-refractivity contribution in [2.24, 2.45) is 0 Å². The second-order valence-corrected chi connectivity index (χ2v) is 6.22. The van der Waals surface area contributed by atoms with Crippen LogP contribution in [0.25, 0.3) is 0 Å². The van der Waals surface area contributed by atoms with E-state index in [1.165, 1.54) is 11.1 Å². The van der Waals surface area contributed by atoms with Crippen molar-refractivity contribution in [2.45, 2.75) is 25.8 Å². The molecule has 1 unspecified atom stereocenters. The zero-order valence-electron chi connectivity index (χ0n) is 11.8. The highest BCUT2D eigenvalue weighted by Crippen LogP contribution is 2.27. The molecule has 1 amide bonds. The van der Waals surface area contributed by atoms with E-state index >= 15 is 0 Å². The molecule has 4 heteroatoms. The van der Waals surface area contributed by atoms with E-state index in [1.54, 1.807) is 0 Å². The van der Waals surface area contributed by atoms with Crippen LogP contribution in [-0.4, -0.2) is 11.9 Å². The van der Waals surface area contributed by atoms with Gasteiger partial charge in [-0.15, -0.1) is 0 Å². The zero-order valence-corrected chi connectivity index (χ0v) is 13.4. The third-order valence-corrected chi connectivity index (χ3v) is 4.40. The van der Waals surface area contributed by atoms with Gasteiger partial charge in [0.1, 0.15) is 6.04 Å². The third-order valence-electron chi connectivity index (χ3n) is 3.75. The molecule has 0 saturated heterocycles. The van der Waals surface area contributed by atoms with Crippen LogP contribution >= 0.6 is 15.9 Å². The van der Waals surface area contributed by atoms with Crippen molar-refractivity contribution >= 4 is 33.2 Å². The molecule has 1 aliphatic heterocycles. The molecule has 21 heavy (non-hydrogen) atoms. The van der Waals surface area contributed by atoms with Gasteiger partial charge < -0.3 is 10.6 Å². The second kappa shape index (κ2) is 5.90. The Labute approximate surface area is 132 Å². The molecule has 3 rings (SSSR count). The molecule has 0 bridgehead atoms. The van der Waals surface area contributed by atoms with Gasteiger partial charge >= 0.3 is 0 Å². The Bertz CT molecular complexity index is 684. The van der Waals surface area contributed by atoms with Gasteiger partial charge in [-0.25, -0.2) is 0 Å². The van der Waals surface area contributed by atoms with E-state index in [0.717, 1.165) is 28.7 Å². The Morgan fingerprint density at radius 3 is 2.86 bits per heavy atom. The van der Waals surface area contributed by atoms with Crippen LogP contribution in [0.5, 0.6) is 0 Å². The molecule has 2 N–H and O–H groups in total. The molecule has 0 saturated carbocycles. The number of nitrogens with one attached hydrogen (secondary N) is 2. The van der Waals surface area contributed by atoms with Crippen LogP contribution in [0.1, 0.15) is 17.5 Å². The van der Waals surface area contributed by atoms with Crippen LogP contribution in [0.4, 0.5) is 11.4 Å². The van der Waals surface area contributed by atoms with Crippen molar-refractivity contribution in [3.63, 3.8) is 0 Å². The number of carbonyl (C=O) groups excluding carboxylic acids is 1. The molecular weight excluding hydrogens is 328 g/mol. The minimum Gasteiger partial charge on any atom is -0.373 e. The molecule has 1 aliphatic rings. The Kier molecular flexibility index (Phi) is 3.97. The van der Waals surface area contributed by atoms with Crippen molar-refractivity contribution in [3.05, 3.63) is 58.1 Å². The number of anilines is 2. The molecule has 0 aromatic heterocycles. The number of hydrogen-bond acceptors (Lipinski definition) is 2. The van der Waals surface area contributed by atoms with Gasteiger partial charge in [0.25, 0.3) is 0 Å². The average molecular weight is 345 g/mol. The average Bonchev–Trinajstić information content (AvgIpc) is 2.61. The first kappa shape index (κ1) is 14.1. The molecule has 0 aliphatic carbocycles. The summed E-state index contributed by atoms with van der Waals surface area (Å²) in [4.78, 5) is 12.4. The zero-order chi connectivity index (χ0) is 14.8. The minimum absolute atomic E-state index is 0.0208. The lowest BCUT2D eigenvalue weighted by Gasteiger charge is -2.18. The van der Waals surface area contributed by atoms with Gasteiger partial charge in [0.2, 0.25) is 5.91 Å². The minimum atomic E-state index is -0.226. The van der Waals surface area contributed by atoms with E-state index in [9.17, 15) is 4.79 Å². The van der Waals surface area contributed by atoms with Gasteiger partial charge in [-0.1, -0.05) is 24.3 Å². The number of aryl methyl sites for hydroxylation is 2. The summed E-state index contributed by atoms with van der Waals surface area (Å²) in [7, 11) is 0. The standard InChI is InChI=1S/C17H17BrN2O/c1-11-6-8-15(13(18)10-11)19-16-9-7-12-4-2-3-5-14(12)20-17(16)21/h2-6,8,10,16,19H,7,9H2,1H3,(H,20,21). The lowest BCUT2D eigenvalue weighted by atomic mass is 10.1. The molecule has 0 fully saturated rings. The van der Waals surface area contributed by atoms with Crippen molar-refractivity contribution < 1.29 is 4.79 Å².